The Bertz CT molecular complexity index is 574. The molecule has 0 atom stereocenters. The summed E-state index contributed by atoms with van der Waals surface area (Å²) < 4.78 is 5.37. The highest BCUT2D eigenvalue weighted by Gasteiger charge is 2.10. The number of carbonyl (C=O) groups excluding carboxylic acids is 1. The number of aryl methyl sites for hydroxylation is 3. The molecule has 0 spiro atoms. The maximum Gasteiger partial charge on any atom is 0.345 e. The first-order valence-electron chi connectivity index (χ1n) is 5.78. The van der Waals surface area contributed by atoms with Gasteiger partial charge in [0.1, 0.15) is 5.75 Å². The molecular weight excluding hydrogens is 226 g/mol. The third kappa shape index (κ3) is 2.74. The highest BCUT2D eigenvalue weighted by Crippen LogP contribution is 2.20. The van der Waals surface area contributed by atoms with Crippen LogP contribution >= 0.6 is 0 Å². The van der Waals surface area contributed by atoms with Crippen molar-refractivity contribution in [2.24, 2.45) is 0 Å². The minimum Gasteiger partial charge on any atom is -0.423 e. The monoisotopic (exact) mass is 241 g/mol. The Morgan fingerprint density at radius 3 is 2.56 bits per heavy atom. The fourth-order valence-electron chi connectivity index (χ4n) is 1.56. The van der Waals surface area contributed by atoms with E-state index in [1.165, 1.54) is 6.20 Å². The third-order valence-corrected chi connectivity index (χ3v) is 2.69. The van der Waals surface area contributed by atoms with E-state index in [1.54, 1.807) is 12.1 Å². The molecule has 3 nitrogen and oxygen atoms in total. The van der Waals surface area contributed by atoms with E-state index in [2.05, 4.69) is 4.98 Å². The summed E-state index contributed by atoms with van der Waals surface area (Å²) in [6.45, 7) is 5.75. The molecule has 1 aromatic heterocycles. The summed E-state index contributed by atoms with van der Waals surface area (Å²) in [5.74, 6) is 0.219. The first-order chi connectivity index (χ1) is 8.56. The number of nitrogens with zero attached hydrogens (tertiary/aromatic N) is 1. The Kier molecular flexibility index (Phi) is 3.42. The number of rotatable bonds is 2. The number of benzene rings is 1. The van der Waals surface area contributed by atoms with Crippen LogP contribution in [0.4, 0.5) is 0 Å². The van der Waals surface area contributed by atoms with E-state index in [0.29, 0.717) is 11.3 Å². The highest BCUT2D eigenvalue weighted by molar-refractivity contribution is 5.90. The Hall–Kier alpha value is -2.16. The molecular formula is C15H15NO2. The molecule has 1 heterocycles. The van der Waals surface area contributed by atoms with Crippen molar-refractivity contribution in [2.75, 3.05) is 0 Å². The van der Waals surface area contributed by atoms with Crippen molar-refractivity contribution >= 4 is 5.97 Å². The van der Waals surface area contributed by atoms with Crippen LogP contribution in [-0.2, 0) is 0 Å². The van der Waals surface area contributed by atoms with Crippen LogP contribution in [0.2, 0.25) is 0 Å². The van der Waals surface area contributed by atoms with Crippen LogP contribution < -0.4 is 4.74 Å². The van der Waals surface area contributed by atoms with Crippen LogP contribution in [0.25, 0.3) is 0 Å². The van der Waals surface area contributed by atoms with Gasteiger partial charge in [0.2, 0.25) is 0 Å². The van der Waals surface area contributed by atoms with E-state index in [1.807, 2.05) is 39.0 Å². The van der Waals surface area contributed by atoms with Crippen molar-refractivity contribution in [3.05, 3.63) is 58.9 Å². The van der Waals surface area contributed by atoms with Crippen LogP contribution in [0.3, 0.4) is 0 Å². The van der Waals surface area contributed by atoms with Crippen molar-refractivity contribution in [1.82, 2.24) is 4.98 Å². The van der Waals surface area contributed by atoms with Crippen LogP contribution in [0, 0.1) is 20.8 Å². The van der Waals surface area contributed by atoms with E-state index in [9.17, 15) is 4.79 Å². The average Bonchev–Trinajstić information content (AvgIpc) is 2.34. The molecule has 92 valence electrons. The predicted molar refractivity (Wildman–Crippen MR) is 69.8 cm³/mol. The van der Waals surface area contributed by atoms with Gasteiger partial charge in [-0.2, -0.15) is 0 Å². The summed E-state index contributed by atoms with van der Waals surface area (Å²) in [4.78, 5) is 16.0. The number of hydrogen-bond donors (Lipinski definition) is 0. The summed E-state index contributed by atoms with van der Waals surface area (Å²) in [5.41, 5.74) is 3.33. The Morgan fingerprint density at radius 2 is 1.89 bits per heavy atom. The van der Waals surface area contributed by atoms with E-state index < -0.39 is 0 Å². The van der Waals surface area contributed by atoms with E-state index in [4.69, 9.17) is 4.74 Å². The van der Waals surface area contributed by atoms with E-state index in [-0.39, 0.29) is 5.97 Å². The lowest BCUT2D eigenvalue weighted by Gasteiger charge is -2.08. The van der Waals surface area contributed by atoms with Gasteiger partial charge >= 0.3 is 5.97 Å². The Labute approximate surface area is 106 Å². The zero-order valence-electron chi connectivity index (χ0n) is 10.7. The summed E-state index contributed by atoms with van der Waals surface area (Å²) in [7, 11) is 0. The van der Waals surface area contributed by atoms with Gasteiger partial charge in [0.05, 0.1) is 5.56 Å². The van der Waals surface area contributed by atoms with Crippen LogP contribution in [0.15, 0.2) is 36.5 Å². The third-order valence-electron chi connectivity index (χ3n) is 2.69. The van der Waals surface area contributed by atoms with Gasteiger partial charge in [0.15, 0.2) is 0 Å². The lowest BCUT2D eigenvalue weighted by molar-refractivity contribution is 0.0733. The molecule has 2 aromatic rings. The number of pyridine rings is 1. The van der Waals surface area contributed by atoms with Crippen molar-refractivity contribution < 1.29 is 9.53 Å². The maximum absolute atomic E-state index is 11.9. The van der Waals surface area contributed by atoms with Crippen LogP contribution in [0.5, 0.6) is 5.75 Å². The molecule has 0 N–H and O–H groups in total. The summed E-state index contributed by atoms with van der Waals surface area (Å²) in [6.07, 6.45) is 1.53. The summed E-state index contributed by atoms with van der Waals surface area (Å²) >= 11 is 0. The van der Waals surface area contributed by atoms with Crippen molar-refractivity contribution in [3.63, 3.8) is 0 Å². The molecule has 0 radical (unpaired) electrons. The van der Waals surface area contributed by atoms with Gasteiger partial charge in [0, 0.05) is 11.9 Å². The van der Waals surface area contributed by atoms with Crippen LogP contribution in [0.1, 0.15) is 27.2 Å². The standard InChI is InChI=1S/C15H15NO2/c1-10-4-5-11(2)14(8-10)18-15(17)13-7-6-12(3)16-9-13/h4-9H,1-3H3. The van der Waals surface area contributed by atoms with Gasteiger partial charge in [-0.3, -0.25) is 4.98 Å². The second kappa shape index (κ2) is 5.00. The minimum absolute atomic E-state index is 0.379. The molecule has 2 rings (SSSR count). The minimum atomic E-state index is -0.379. The molecule has 0 aliphatic heterocycles. The quantitative estimate of drug-likeness (QED) is 0.598. The zero-order valence-corrected chi connectivity index (χ0v) is 10.7. The van der Waals surface area contributed by atoms with Gasteiger partial charge in [-0.1, -0.05) is 12.1 Å². The molecule has 0 bridgehead atoms. The molecule has 3 heteroatoms. The number of ether oxygens (including phenoxy) is 1. The molecule has 0 amide bonds. The number of esters is 1. The first-order valence-corrected chi connectivity index (χ1v) is 5.78. The molecule has 0 saturated heterocycles. The lowest BCUT2D eigenvalue weighted by Crippen LogP contribution is -2.09. The SMILES string of the molecule is Cc1ccc(C)c(OC(=O)c2ccc(C)nc2)c1. The van der Waals surface area contributed by atoms with E-state index >= 15 is 0 Å². The fourth-order valence-corrected chi connectivity index (χ4v) is 1.56. The topological polar surface area (TPSA) is 39.2 Å². The lowest BCUT2D eigenvalue weighted by atomic mass is 10.1. The number of aromatic nitrogens is 1. The molecule has 0 saturated carbocycles. The Balaban J connectivity index is 2.21. The zero-order chi connectivity index (χ0) is 13.1. The van der Waals surface area contributed by atoms with Crippen LogP contribution in [-0.4, -0.2) is 11.0 Å². The van der Waals surface area contributed by atoms with Gasteiger partial charge in [-0.05, 0) is 50.1 Å². The predicted octanol–water partition coefficient (Wildman–Crippen LogP) is 3.23. The molecule has 0 unspecified atom stereocenters. The van der Waals surface area contributed by atoms with Gasteiger partial charge in [-0.15, -0.1) is 0 Å². The summed E-state index contributed by atoms with van der Waals surface area (Å²) in [5, 5.41) is 0. The molecule has 1 aromatic carbocycles. The molecule has 18 heavy (non-hydrogen) atoms. The maximum atomic E-state index is 11.9. The van der Waals surface area contributed by atoms with Gasteiger partial charge in [0.25, 0.3) is 0 Å². The van der Waals surface area contributed by atoms with Crippen molar-refractivity contribution in [1.29, 1.82) is 0 Å². The normalized spacial score (nSPS) is 10.2. The van der Waals surface area contributed by atoms with E-state index in [0.717, 1.165) is 16.8 Å². The number of carbonyl (C=O) groups is 1. The largest absolute Gasteiger partial charge is 0.423 e. The second-order valence-electron chi connectivity index (χ2n) is 4.35. The Morgan fingerprint density at radius 1 is 1.11 bits per heavy atom. The molecule has 0 aliphatic carbocycles. The van der Waals surface area contributed by atoms with Gasteiger partial charge < -0.3 is 4.74 Å². The van der Waals surface area contributed by atoms with Crippen molar-refractivity contribution in [2.45, 2.75) is 20.8 Å². The average molecular weight is 241 g/mol. The molecule has 0 fully saturated rings. The number of hydrogen-bond acceptors (Lipinski definition) is 3. The van der Waals surface area contributed by atoms with Crippen molar-refractivity contribution in [3.8, 4) is 5.75 Å². The fraction of sp³-hybridized carbons (Fsp3) is 0.200. The smallest absolute Gasteiger partial charge is 0.345 e. The molecule has 0 aliphatic rings. The summed E-state index contributed by atoms with van der Waals surface area (Å²) in [6, 6.07) is 9.29. The van der Waals surface area contributed by atoms with Gasteiger partial charge in [-0.25, -0.2) is 4.79 Å². The first kappa shape index (κ1) is 12.3. The highest BCUT2D eigenvalue weighted by atomic mass is 16.5. The second-order valence-corrected chi connectivity index (χ2v) is 4.35.